The van der Waals surface area contributed by atoms with E-state index in [-0.39, 0.29) is 12.5 Å². The molecule has 0 aromatic carbocycles. The SMILES string of the molecule is Cc1cc(C(=O)NCCc2ncno2)sc1C#CCO. The van der Waals surface area contributed by atoms with Gasteiger partial charge in [0.05, 0.1) is 9.75 Å². The largest absolute Gasteiger partial charge is 0.384 e. The maximum absolute atomic E-state index is 11.9. The molecule has 2 aromatic heterocycles. The van der Waals surface area contributed by atoms with Crippen molar-refractivity contribution in [3.63, 3.8) is 0 Å². The minimum absolute atomic E-state index is 0.158. The van der Waals surface area contributed by atoms with E-state index in [1.54, 1.807) is 6.07 Å². The van der Waals surface area contributed by atoms with Gasteiger partial charge in [0.1, 0.15) is 6.61 Å². The average molecular weight is 291 g/mol. The summed E-state index contributed by atoms with van der Waals surface area (Å²) in [6.07, 6.45) is 1.82. The third kappa shape index (κ3) is 3.66. The fourth-order valence-corrected chi connectivity index (χ4v) is 2.48. The summed E-state index contributed by atoms with van der Waals surface area (Å²) in [6.45, 7) is 2.12. The summed E-state index contributed by atoms with van der Waals surface area (Å²) < 4.78 is 4.84. The standard InChI is InChI=1S/C13H13N3O3S/c1-9-7-11(20-10(9)3-2-6-17)13(18)14-5-4-12-15-8-16-19-12/h7-8,17H,4-6H2,1H3,(H,14,18). The van der Waals surface area contributed by atoms with Gasteiger partial charge in [-0.05, 0) is 18.6 Å². The van der Waals surface area contributed by atoms with E-state index in [4.69, 9.17) is 9.63 Å². The van der Waals surface area contributed by atoms with Gasteiger partial charge in [-0.25, -0.2) is 0 Å². The van der Waals surface area contributed by atoms with Crippen molar-refractivity contribution in [2.75, 3.05) is 13.2 Å². The van der Waals surface area contributed by atoms with Crippen molar-refractivity contribution in [1.29, 1.82) is 0 Å². The van der Waals surface area contributed by atoms with Crippen LogP contribution < -0.4 is 5.32 Å². The molecule has 2 heterocycles. The molecule has 0 aliphatic heterocycles. The van der Waals surface area contributed by atoms with Gasteiger partial charge in [-0.15, -0.1) is 11.3 Å². The molecule has 6 nitrogen and oxygen atoms in total. The van der Waals surface area contributed by atoms with Gasteiger partial charge in [-0.3, -0.25) is 4.79 Å². The molecule has 104 valence electrons. The lowest BCUT2D eigenvalue weighted by molar-refractivity contribution is 0.0957. The van der Waals surface area contributed by atoms with Gasteiger partial charge in [-0.2, -0.15) is 4.98 Å². The molecule has 0 radical (unpaired) electrons. The lowest BCUT2D eigenvalue weighted by Crippen LogP contribution is -2.24. The van der Waals surface area contributed by atoms with E-state index in [0.29, 0.717) is 23.7 Å². The van der Waals surface area contributed by atoms with Crippen LogP contribution in [0.3, 0.4) is 0 Å². The fraction of sp³-hybridized carbons (Fsp3) is 0.308. The minimum atomic E-state index is -0.191. The summed E-state index contributed by atoms with van der Waals surface area (Å²) in [6, 6.07) is 1.79. The van der Waals surface area contributed by atoms with Crippen molar-refractivity contribution in [3.05, 3.63) is 33.6 Å². The van der Waals surface area contributed by atoms with Crippen LogP contribution in [0.2, 0.25) is 0 Å². The zero-order valence-corrected chi connectivity index (χ0v) is 11.7. The quantitative estimate of drug-likeness (QED) is 0.812. The molecule has 2 N–H and O–H groups in total. The van der Waals surface area contributed by atoms with Gasteiger partial charge in [0.2, 0.25) is 5.89 Å². The summed E-state index contributed by atoms with van der Waals surface area (Å²) in [5.41, 5.74) is 0.929. The Hall–Kier alpha value is -2.17. The second-order valence-corrected chi connectivity index (χ2v) is 4.98. The molecule has 0 aliphatic rings. The first-order valence-electron chi connectivity index (χ1n) is 5.94. The molecule has 1 amide bonds. The molecule has 2 rings (SSSR count). The maximum atomic E-state index is 11.9. The number of aromatic nitrogens is 2. The molecule has 7 heteroatoms. The van der Waals surface area contributed by atoms with Gasteiger partial charge in [0, 0.05) is 13.0 Å². The number of hydrogen-bond acceptors (Lipinski definition) is 6. The maximum Gasteiger partial charge on any atom is 0.261 e. The summed E-state index contributed by atoms with van der Waals surface area (Å²) in [7, 11) is 0. The first kappa shape index (κ1) is 14.2. The van der Waals surface area contributed by atoms with E-state index < -0.39 is 0 Å². The van der Waals surface area contributed by atoms with E-state index in [2.05, 4.69) is 27.3 Å². The van der Waals surface area contributed by atoms with Gasteiger partial charge >= 0.3 is 0 Å². The van der Waals surface area contributed by atoms with Crippen molar-refractivity contribution >= 4 is 17.2 Å². The number of nitrogens with zero attached hydrogens (tertiary/aromatic N) is 2. The van der Waals surface area contributed by atoms with E-state index in [0.717, 1.165) is 10.4 Å². The van der Waals surface area contributed by atoms with Crippen LogP contribution in [0, 0.1) is 18.8 Å². The van der Waals surface area contributed by atoms with E-state index in [1.165, 1.54) is 17.7 Å². The Bertz CT molecular complexity index is 638. The van der Waals surface area contributed by atoms with Crippen molar-refractivity contribution < 1.29 is 14.4 Å². The Kier molecular flexibility index (Phi) is 4.87. The van der Waals surface area contributed by atoms with E-state index in [1.807, 2.05) is 6.92 Å². The second-order valence-electron chi connectivity index (χ2n) is 3.92. The van der Waals surface area contributed by atoms with Crippen LogP contribution in [-0.4, -0.2) is 34.3 Å². The first-order chi connectivity index (χ1) is 9.70. The Labute approximate surface area is 119 Å². The number of amides is 1. The number of rotatable bonds is 4. The third-order valence-electron chi connectivity index (χ3n) is 2.45. The predicted octanol–water partition coefficient (Wildman–Crippen LogP) is 0.756. The number of aliphatic hydroxyl groups excluding tert-OH is 1. The van der Waals surface area contributed by atoms with E-state index in [9.17, 15) is 4.79 Å². The molecular formula is C13H13N3O3S. The normalized spacial score (nSPS) is 9.90. The first-order valence-corrected chi connectivity index (χ1v) is 6.76. The zero-order chi connectivity index (χ0) is 14.4. The molecule has 0 saturated carbocycles. The topological polar surface area (TPSA) is 88.3 Å². The zero-order valence-electron chi connectivity index (χ0n) is 10.8. The van der Waals surface area contributed by atoms with Crippen LogP contribution in [0.5, 0.6) is 0 Å². The second kappa shape index (κ2) is 6.84. The molecular weight excluding hydrogens is 278 g/mol. The molecule has 0 saturated heterocycles. The molecule has 0 bridgehead atoms. The summed E-state index contributed by atoms with van der Waals surface area (Å²) in [5, 5.41) is 14.9. The number of aryl methyl sites for hydroxylation is 1. The Morgan fingerprint density at radius 1 is 1.60 bits per heavy atom. The summed E-state index contributed by atoms with van der Waals surface area (Å²) >= 11 is 1.31. The average Bonchev–Trinajstić information content (AvgIpc) is 3.06. The minimum Gasteiger partial charge on any atom is -0.384 e. The molecule has 0 unspecified atom stereocenters. The molecule has 0 aliphatic carbocycles. The number of aliphatic hydroxyl groups is 1. The highest BCUT2D eigenvalue weighted by atomic mass is 32.1. The van der Waals surface area contributed by atoms with Gasteiger partial charge < -0.3 is 14.9 Å². The van der Waals surface area contributed by atoms with Gasteiger partial charge in [0.15, 0.2) is 6.33 Å². The predicted molar refractivity (Wildman–Crippen MR) is 73.4 cm³/mol. The third-order valence-corrected chi connectivity index (χ3v) is 3.61. The van der Waals surface area contributed by atoms with Gasteiger partial charge in [0.25, 0.3) is 5.91 Å². The Morgan fingerprint density at radius 3 is 3.15 bits per heavy atom. The monoisotopic (exact) mass is 291 g/mol. The Morgan fingerprint density at radius 2 is 2.45 bits per heavy atom. The van der Waals surface area contributed by atoms with Crippen LogP contribution in [0.4, 0.5) is 0 Å². The number of nitrogens with one attached hydrogen (secondary N) is 1. The highest BCUT2D eigenvalue weighted by Crippen LogP contribution is 2.20. The van der Waals surface area contributed by atoms with Crippen LogP contribution in [0.1, 0.15) is 26.0 Å². The van der Waals surface area contributed by atoms with Crippen LogP contribution in [-0.2, 0) is 6.42 Å². The van der Waals surface area contributed by atoms with Crippen LogP contribution >= 0.6 is 11.3 Å². The van der Waals surface area contributed by atoms with Crippen molar-refractivity contribution in [2.24, 2.45) is 0 Å². The molecule has 0 spiro atoms. The van der Waals surface area contributed by atoms with Crippen molar-refractivity contribution in [2.45, 2.75) is 13.3 Å². The van der Waals surface area contributed by atoms with Gasteiger partial charge in [-0.1, -0.05) is 17.0 Å². The fourth-order valence-electron chi connectivity index (χ4n) is 1.51. The van der Waals surface area contributed by atoms with E-state index >= 15 is 0 Å². The number of carbonyl (C=O) groups is 1. The lowest BCUT2D eigenvalue weighted by Gasteiger charge is -2.00. The summed E-state index contributed by atoms with van der Waals surface area (Å²) in [5.74, 6) is 5.73. The highest BCUT2D eigenvalue weighted by Gasteiger charge is 2.11. The van der Waals surface area contributed by atoms with Crippen LogP contribution in [0.25, 0.3) is 0 Å². The number of hydrogen-bond donors (Lipinski definition) is 2. The lowest BCUT2D eigenvalue weighted by atomic mass is 10.2. The molecule has 0 atom stereocenters. The highest BCUT2D eigenvalue weighted by molar-refractivity contribution is 7.14. The Balaban J connectivity index is 1.92. The summed E-state index contributed by atoms with van der Waals surface area (Å²) in [4.78, 5) is 17.2. The molecule has 2 aromatic rings. The van der Waals surface area contributed by atoms with Crippen molar-refractivity contribution in [3.8, 4) is 11.8 Å². The van der Waals surface area contributed by atoms with Crippen LogP contribution in [0.15, 0.2) is 16.9 Å². The number of thiophene rings is 1. The molecule has 0 fully saturated rings. The number of carbonyl (C=O) groups excluding carboxylic acids is 1. The molecule has 20 heavy (non-hydrogen) atoms. The van der Waals surface area contributed by atoms with Crippen molar-refractivity contribution in [1.82, 2.24) is 15.5 Å². The smallest absolute Gasteiger partial charge is 0.261 e.